The van der Waals surface area contributed by atoms with E-state index in [1.54, 1.807) is 16.6 Å². The molecule has 0 radical (unpaired) electrons. The lowest BCUT2D eigenvalue weighted by Gasteiger charge is -2.31. The van der Waals surface area contributed by atoms with Crippen molar-refractivity contribution >= 4 is 26.9 Å². The van der Waals surface area contributed by atoms with E-state index in [9.17, 15) is 17.2 Å². The standard InChI is InChI=1S/C24H27F2N5O2S/c1-14(2)18-5-8-27-23-19(18)11-15(12-20(23)25)22-21(26)13-28-24(30-22)29-16-6-9-31(10-7-16)34(32,33)17-3-4-17/h5,8,11-14,16-17H,3-4,6-7,9-10H2,1-2H3,(H,28,29,30). The van der Waals surface area contributed by atoms with E-state index in [-0.39, 0.29) is 34.4 Å². The Hall–Kier alpha value is -2.72. The van der Waals surface area contributed by atoms with Gasteiger partial charge in [-0.2, -0.15) is 0 Å². The third-order valence-electron chi connectivity index (χ3n) is 6.56. The number of hydrogen-bond donors (Lipinski definition) is 1. The number of halogens is 2. The predicted molar refractivity (Wildman–Crippen MR) is 127 cm³/mol. The molecular weight excluding hydrogens is 460 g/mol. The molecule has 7 nitrogen and oxygen atoms in total. The molecule has 5 rings (SSSR count). The van der Waals surface area contributed by atoms with Crippen molar-refractivity contribution in [3.05, 3.63) is 47.8 Å². The number of nitrogens with zero attached hydrogens (tertiary/aromatic N) is 4. The fourth-order valence-corrected chi connectivity index (χ4v) is 6.40. The van der Waals surface area contributed by atoms with Crippen molar-refractivity contribution < 1.29 is 17.2 Å². The van der Waals surface area contributed by atoms with Gasteiger partial charge in [0.2, 0.25) is 16.0 Å². The van der Waals surface area contributed by atoms with Crippen LogP contribution >= 0.6 is 0 Å². The Kier molecular flexibility index (Phi) is 5.97. The van der Waals surface area contributed by atoms with E-state index < -0.39 is 21.7 Å². The maximum absolute atomic E-state index is 14.9. The van der Waals surface area contributed by atoms with Crippen molar-refractivity contribution in [2.45, 2.75) is 56.7 Å². The lowest BCUT2D eigenvalue weighted by molar-refractivity contribution is 0.328. The Labute approximate surface area is 197 Å². The van der Waals surface area contributed by atoms with Crippen LogP contribution in [0.1, 0.15) is 51.0 Å². The molecule has 0 unspecified atom stereocenters. The second-order valence-electron chi connectivity index (χ2n) is 9.36. The summed E-state index contributed by atoms with van der Waals surface area (Å²) in [4.78, 5) is 12.6. The summed E-state index contributed by atoms with van der Waals surface area (Å²) >= 11 is 0. The highest BCUT2D eigenvalue weighted by molar-refractivity contribution is 7.90. The van der Waals surface area contributed by atoms with E-state index in [2.05, 4.69) is 20.3 Å². The second kappa shape index (κ2) is 8.81. The number of piperidine rings is 1. The Balaban J connectivity index is 1.38. The summed E-state index contributed by atoms with van der Waals surface area (Å²) in [5, 5.41) is 3.61. The minimum Gasteiger partial charge on any atom is -0.351 e. The molecule has 1 N–H and O–H groups in total. The number of hydrogen-bond acceptors (Lipinski definition) is 6. The summed E-state index contributed by atoms with van der Waals surface area (Å²) in [6.45, 7) is 4.89. The van der Waals surface area contributed by atoms with Crippen molar-refractivity contribution in [1.29, 1.82) is 0 Å². The van der Waals surface area contributed by atoms with Crippen LogP contribution in [0.25, 0.3) is 22.2 Å². The molecule has 1 aliphatic carbocycles. The van der Waals surface area contributed by atoms with Gasteiger partial charge in [0.15, 0.2) is 5.82 Å². The summed E-state index contributed by atoms with van der Waals surface area (Å²) < 4.78 is 56.1. The molecule has 0 amide bonds. The van der Waals surface area contributed by atoms with Gasteiger partial charge in [-0.1, -0.05) is 13.8 Å². The first-order valence-electron chi connectivity index (χ1n) is 11.6. The van der Waals surface area contributed by atoms with Gasteiger partial charge in [-0.05, 0) is 55.4 Å². The van der Waals surface area contributed by atoms with E-state index in [1.165, 1.54) is 6.07 Å². The van der Waals surface area contributed by atoms with Gasteiger partial charge in [-0.3, -0.25) is 4.98 Å². The Bertz CT molecular complexity index is 1340. The smallest absolute Gasteiger partial charge is 0.223 e. The number of pyridine rings is 1. The molecule has 3 aromatic rings. The molecular formula is C24H27F2N5O2S. The van der Waals surface area contributed by atoms with Crippen LogP contribution in [0.5, 0.6) is 0 Å². The summed E-state index contributed by atoms with van der Waals surface area (Å²) in [7, 11) is -3.18. The van der Waals surface area contributed by atoms with E-state index in [0.29, 0.717) is 36.9 Å². The first-order valence-corrected chi connectivity index (χ1v) is 13.1. The van der Waals surface area contributed by atoms with Crippen molar-refractivity contribution in [3.8, 4) is 11.3 Å². The van der Waals surface area contributed by atoms with E-state index in [4.69, 9.17) is 0 Å². The van der Waals surface area contributed by atoms with Crippen LogP contribution in [0.3, 0.4) is 0 Å². The SMILES string of the molecule is CC(C)c1ccnc2c(F)cc(-c3nc(NC4CCN(S(=O)(=O)C5CC5)CC4)ncc3F)cc12. The van der Waals surface area contributed by atoms with Gasteiger partial charge in [0, 0.05) is 36.3 Å². The van der Waals surface area contributed by atoms with Gasteiger partial charge in [0.1, 0.15) is 17.0 Å². The molecule has 180 valence electrons. The molecule has 2 aromatic heterocycles. The highest BCUT2D eigenvalue weighted by atomic mass is 32.2. The molecule has 0 atom stereocenters. The van der Waals surface area contributed by atoms with Gasteiger partial charge in [-0.25, -0.2) is 31.5 Å². The molecule has 1 saturated carbocycles. The normalized spacial score (nSPS) is 18.0. The van der Waals surface area contributed by atoms with Gasteiger partial charge < -0.3 is 5.32 Å². The fourth-order valence-electron chi connectivity index (χ4n) is 4.53. The number of sulfonamides is 1. The van der Waals surface area contributed by atoms with E-state index >= 15 is 0 Å². The molecule has 2 aliphatic rings. The second-order valence-corrected chi connectivity index (χ2v) is 11.6. The summed E-state index contributed by atoms with van der Waals surface area (Å²) in [5.74, 6) is -0.811. The molecule has 3 heterocycles. The zero-order chi connectivity index (χ0) is 24.0. The molecule has 34 heavy (non-hydrogen) atoms. The monoisotopic (exact) mass is 487 g/mol. The summed E-state index contributed by atoms with van der Waals surface area (Å²) in [6.07, 6.45) is 5.36. The van der Waals surface area contributed by atoms with Gasteiger partial charge >= 0.3 is 0 Å². The molecule has 1 saturated heterocycles. The van der Waals surface area contributed by atoms with Crippen molar-refractivity contribution in [2.75, 3.05) is 18.4 Å². The molecule has 2 fully saturated rings. The van der Waals surface area contributed by atoms with Gasteiger partial charge in [0.05, 0.1) is 11.4 Å². The number of aromatic nitrogens is 3. The topological polar surface area (TPSA) is 88.1 Å². The first-order chi connectivity index (χ1) is 16.2. The maximum Gasteiger partial charge on any atom is 0.223 e. The molecule has 1 aliphatic heterocycles. The number of nitrogens with one attached hydrogen (secondary N) is 1. The van der Waals surface area contributed by atoms with Gasteiger partial charge in [0.25, 0.3) is 0 Å². The van der Waals surface area contributed by atoms with E-state index in [0.717, 1.165) is 24.6 Å². The number of fused-ring (bicyclic) bond motifs is 1. The minimum atomic E-state index is -3.18. The van der Waals surface area contributed by atoms with Crippen LogP contribution in [0.4, 0.5) is 14.7 Å². The lowest BCUT2D eigenvalue weighted by atomic mass is 9.96. The Morgan fingerprint density at radius 3 is 2.47 bits per heavy atom. The van der Waals surface area contributed by atoms with Crippen molar-refractivity contribution in [2.24, 2.45) is 0 Å². The average Bonchev–Trinajstić information content (AvgIpc) is 3.66. The van der Waals surface area contributed by atoms with Crippen molar-refractivity contribution in [1.82, 2.24) is 19.3 Å². The highest BCUT2D eigenvalue weighted by Crippen LogP contribution is 2.33. The number of benzene rings is 1. The fraction of sp³-hybridized carbons (Fsp3) is 0.458. The van der Waals surface area contributed by atoms with Crippen LogP contribution in [0, 0.1) is 11.6 Å². The summed E-state index contributed by atoms with van der Waals surface area (Å²) in [5.41, 5.74) is 1.49. The molecule has 1 aromatic carbocycles. The van der Waals surface area contributed by atoms with Crippen LogP contribution in [0.15, 0.2) is 30.6 Å². The van der Waals surface area contributed by atoms with Crippen LogP contribution < -0.4 is 5.32 Å². The maximum atomic E-state index is 14.9. The van der Waals surface area contributed by atoms with Crippen LogP contribution in [0.2, 0.25) is 0 Å². The number of rotatable bonds is 6. The first kappa shape index (κ1) is 23.0. The van der Waals surface area contributed by atoms with Crippen molar-refractivity contribution in [3.63, 3.8) is 0 Å². The number of anilines is 1. The Morgan fingerprint density at radius 1 is 1.06 bits per heavy atom. The predicted octanol–water partition coefficient (Wildman–Crippen LogP) is 4.46. The highest BCUT2D eigenvalue weighted by Gasteiger charge is 2.41. The Morgan fingerprint density at radius 2 is 1.79 bits per heavy atom. The third kappa shape index (κ3) is 4.36. The zero-order valence-electron chi connectivity index (χ0n) is 19.1. The third-order valence-corrected chi connectivity index (χ3v) is 8.96. The molecule has 10 heteroatoms. The lowest BCUT2D eigenvalue weighted by Crippen LogP contribution is -2.43. The largest absolute Gasteiger partial charge is 0.351 e. The van der Waals surface area contributed by atoms with Crippen LogP contribution in [-0.4, -0.2) is 52.1 Å². The summed E-state index contributed by atoms with van der Waals surface area (Å²) in [6, 6.07) is 4.77. The quantitative estimate of drug-likeness (QED) is 0.552. The minimum absolute atomic E-state index is 0.00519. The average molecular weight is 488 g/mol. The van der Waals surface area contributed by atoms with Crippen LogP contribution in [-0.2, 0) is 10.0 Å². The zero-order valence-corrected chi connectivity index (χ0v) is 19.9. The van der Waals surface area contributed by atoms with Gasteiger partial charge in [-0.15, -0.1) is 0 Å². The molecule has 0 spiro atoms. The van der Waals surface area contributed by atoms with E-state index in [1.807, 2.05) is 19.9 Å². The molecule has 0 bridgehead atoms.